The average molecular weight is 378 g/mol. The minimum Gasteiger partial charge on any atom is -0.508 e. The summed E-state index contributed by atoms with van der Waals surface area (Å²) in [6, 6.07) is 22.7. The first-order valence-electron chi connectivity index (χ1n) is 8.29. The lowest BCUT2D eigenvalue weighted by Crippen LogP contribution is -2.19. The van der Waals surface area contributed by atoms with Gasteiger partial charge >= 0.3 is 0 Å². The van der Waals surface area contributed by atoms with E-state index < -0.39 is 0 Å². The molecule has 0 aliphatic carbocycles. The fourth-order valence-electron chi connectivity index (χ4n) is 2.39. The van der Waals surface area contributed by atoms with Crippen molar-refractivity contribution in [2.45, 2.75) is 4.90 Å². The predicted octanol–water partition coefficient (Wildman–Crippen LogP) is 4.38. The Hall–Kier alpha value is -3.25. The minimum atomic E-state index is -0.289. The van der Waals surface area contributed by atoms with Gasteiger partial charge in [0.15, 0.2) is 0 Å². The molecular weight excluding hydrogens is 360 g/mol. The van der Waals surface area contributed by atoms with Crippen LogP contribution in [0.2, 0.25) is 0 Å². The lowest BCUT2D eigenvalue weighted by Gasteiger charge is -2.11. The van der Waals surface area contributed by atoms with E-state index >= 15 is 0 Å². The van der Waals surface area contributed by atoms with Crippen LogP contribution in [0.1, 0.15) is 10.4 Å². The Morgan fingerprint density at radius 1 is 0.815 bits per heavy atom. The van der Waals surface area contributed by atoms with Crippen LogP contribution < -0.4 is 10.6 Å². The summed E-state index contributed by atoms with van der Waals surface area (Å²) in [5.74, 6) is -0.127. The van der Waals surface area contributed by atoms with Gasteiger partial charge in [0.25, 0.3) is 5.91 Å². The third-order valence-corrected chi connectivity index (χ3v) is 4.70. The molecule has 0 radical (unpaired) electrons. The number of carbonyl (C=O) groups excluding carboxylic acids is 2. The van der Waals surface area contributed by atoms with Gasteiger partial charge in [0.1, 0.15) is 5.75 Å². The molecule has 6 heteroatoms. The Balaban J connectivity index is 1.63. The number of rotatable bonds is 6. The van der Waals surface area contributed by atoms with Crippen LogP contribution in [0.5, 0.6) is 5.75 Å². The number of hydrogen-bond acceptors (Lipinski definition) is 4. The maximum Gasteiger partial charge on any atom is 0.257 e. The van der Waals surface area contributed by atoms with Gasteiger partial charge in [-0.05, 0) is 48.5 Å². The lowest BCUT2D eigenvalue weighted by molar-refractivity contribution is -0.113. The largest absolute Gasteiger partial charge is 0.508 e. The van der Waals surface area contributed by atoms with Crippen LogP contribution in [-0.2, 0) is 4.79 Å². The molecule has 0 saturated heterocycles. The van der Waals surface area contributed by atoms with E-state index in [4.69, 9.17) is 0 Å². The second-order valence-corrected chi connectivity index (χ2v) is 6.75. The van der Waals surface area contributed by atoms with Crippen LogP contribution in [0, 0.1) is 0 Å². The maximum atomic E-state index is 12.5. The van der Waals surface area contributed by atoms with Crippen LogP contribution in [0.4, 0.5) is 11.4 Å². The standard InChI is InChI=1S/C21H18N2O3S/c24-16-10-12-17(13-11-16)27-14-20(25)23-19-9-5-4-8-18(19)21(26)22-15-6-2-1-3-7-15/h1-13,24H,14H2,(H,22,26)(H,23,25). The van der Waals surface area contributed by atoms with E-state index in [1.54, 1.807) is 60.7 Å². The van der Waals surface area contributed by atoms with E-state index in [1.807, 2.05) is 18.2 Å². The van der Waals surface area contributed by atoms with Gasteiger partial charge in [0.2, 0.25) is 5.91 Å². The van der Waals surface area contributed by atoms with Crippen LogP contribution in [0.15, 0.2) is 83.8 Å². The summed E-state index contributed by atoms with van der Waals surface area (Å²) in [6.07, 6.45) is 0. The summed E-state index contributed by atoms with van der Waals surface area (Å²) in [5.41, 5.74) is 1.54. The molecule has 3 N–H and O–H groups in total. The Labute approximate surface area is 161 Å². The Morgan fingerprint density at radius 3 is 2.22 bits per heavy atom. The number of phenols is 1. The summed E-state index contributed by atoms with van der Waals surface area (Å²) < 4.78 is 0. The summed E-state index contributed by atoms with van der Waals surface area (Å²) in [6.45, 7) is 0. The van der Waals surface area contributed by atoms with Crippen LogP contribution in [-0.4, -0.2) is 22.7 Å². The zero-order chi connectivity index (χ0) is 19.1. The monoisotopic (exact) mass is 378 g/mol. The zero-order valence-electron chi connectivity index (χ0n) is 14.4. The van der Waals surface area contributed by atoms with Crippen molar-refractivity contribution in [1.82, 2.24) is 0 Å². The summed E-state index contributed by atoms with van der Waals surface area (Å²) in [4.78, 5) is 25.7. The Morgan fingerprint density at radius 2 is 1.48 bits per heavy atom. The molecule has 3 rings (SSSR count). The van der Waals surface area contributed by atoms with E-state index in [1.165, 1.54) is 11.8 Å². The third-order valence-electron chi connectivity index (χ3n) is 3.68. The van der Waals surface area contributed by atoms with Crippen LogP contribution >= 0.6 is 11.8 Å². The minimum absolute atomic E-state index is 0.183. The van der Waals surface area contributed by atoms with E-state index in [0.717, 1.165) is 4.90 Å². The summed E-state index contributed by atoms with van der Waals surface area (Å²) in [7, 11) is 0. The number of hydrogen-bond donors (Lipinski definition) is 3. The van der Waals surface area contributed by atoms with Gasteiger partial charge in [-0.1, -0.05) is 30.3 Å². The molecule has 0 fully saturated rings. The van der Waals surface area contributed by atoms with E-state index in [2.05, 4.69) is 10.6 Å². The average Bonchev–Trinajstić information content (AvgIpc) is 2.69. The molecule has 0 aromatic heterocycles. The molecule has 3 aromatic carbocycles. The predicted molar refractivity (Wildman–Crippen MR) is 108 cm³/mol. The molecule has 27 heavy (non-hydrogen) atoms. The zero-order valence-corrected chi connectivity index (χ0v) is 15.2. The fourth-order valence-corrected chi connectivity index (χ4v) is 3.09. The van der Waals surface area contributed by atoms with Crippen molar-refractivity contribution in [2.75, 3.05) is 16.4 Å². The smallest absolute Gasteiger partial charge is 0.257 e. The number of phenolic OH excluding ortho intramolecular Hbond substituents is 1. The van der Waals surface area contributed by atoms with Gasteiger partial charge in [-0.25, -0.2) is 0 Å². The van der Waals surface area contributed by atoms with Crippen LogP contribution in [0.25, 0.3) is 0 Å². The molecule has 3 aromatic rings. The Bertz CT molecular complexity index is 928. The molecular formula is C21H18N2O3S. The van der Waals surface area contributed by atoms with E-state index in [9.17, 15) is 14.7 Å². The van der Waals surface area contributed by atoms with Gasteiger partial charge in [0.05, 0.1) is 17.0 Å². The molecule has 0 aliphatic heterocycles. The molecule has 136 valence electrons. The molecule has 0 bridgehead atoms. The second-order valence-electron chi connectivity index (χ2n) is 5.70. The molecule has 0 aliphatic rings. The number of thioether (sulfide) groups is 1. The van der Waals surface area contributed by atoms with Crippen molar-refractivity contribution in [3.05, 3.63) is 84.4 Å². The number of benzene rings is 3. The highest BCUT2D eigenvalue weighted by Gasteiger charge is 2.13. The van der Waals surface area contributed by atoms with Crippen molar-refractivity contribution in [3.8, 4) is 5.75 Å². The van der Waals surface area contributed by atoms with Gasteiger partial charge in [0, 0.05) is 10.6 Å². The molecule has 5 nitrogen and oxygen atoms in total. The topological polar surface area (TPSA) is 78.4 Å². The molecule has 0 heterocycles. The normalized spacial score (nSPS) is 10.2. The molecule has 0 saturated carbocycles. The van der Waals surface area contributed by atoms with E-state index in [0.29, 0.717) is 16.9 Å². The highest BCUT2D eigenvalue weighted by molar-refractivity contribution is 8.00. The number of nitrogens with one attached hydrogen (secondary N) is 2. The Kier molecular flexibility index (Phi) is 6.12. The number of para-hydroxylation sites is 2. The number of aromatic hydroxyl groups is 1. The van der Waals surface area contributed by atoms with Crippen molar-refractivity contribution in [3.63, 3.8) is 0 Å². The maximum absolute atomic E-state index is 12.5. The van der Waals surface area contributed by atoms with Gasteiger partial charge in [-0.2, -0.15) is 0 Å². The quantitative estimate of drug-likeness (QED) is 0.557. The highest BCUT2D eigenvalue weighted by Crippen LogP contribution is 2.22. The third kappa shape index (κ3) is 5.36. The first kappa shape index (κ1) is 18.5. The first-order valence-corrected chi connectivity index (χ1v) is 9.27. The summed E-state index contributed by atoms with van der Waals surface area (Å²) in [5, 5.41) is 14.9. The van der Waals surface area contributed by atoms with Crippen molar-refractivity contribution in [1.29, 1.82) is 0 Å². The number of carbonyl (C=O) groups is 2. The van der Waals surface area contributed by atoms with Gasteiger partial charge in [-0.3, -0.25) is 9.59 Å². The van der Waals surface area contributed by atoms with Gasteiger partial charge in [-0.15, -0.1) is 11.8 Å². The van der Waals surface area contributed by atoms with Crippen LogP contribution in [0.3, 0.4) is 0 Å². The molecule has 2 amide bonds. The molecule has 0 spiro atoms. The van der Waals surface area contributed by atoms with Crippen molar-refractivity contribution in [2.24, 2.45) is 0 Å². The second kappa shape index (κ2) is 8.91. The van der Waals surface area contributed by atoms with Crippen molar-refractivity contribution >= 4 is 35.0 Å². The van der Waals surface area contributed by atoms with Crippen molar-refractivity contribution < 1.29 is 14.7 Å². The van der Waals surface area contributed by atoms with Gasteiger partial charge < -0.3 is 15.7 Å². The SMILES string of the molecule is O=C(CSc1ccc(O)cc1)Nc1ccccc1C(=O)Nc1ccccc1. The summed E-state index contributed by atoms with van der Waals surface area (Å²) >= 11 is 1.35. The molecule has 0 atom stereocenters. The number of amides is 2. The van der Waals surface area contributed by atoms with E-state index in [-0.39, 0.29) is 23.3 Å². The lowest BCUT2D eigenvalue weighted by atomic mass is 10.1. The fraction of sp³-hybridized carbons (Fsp3) is 0.0476. The first-order chi connectivity index (χ1) is 13.1. The number of anilines is 2. The highest BCUT2D eigenvalue weighted by atomic mass is 32.2. The molecule has 0 unspecified atom stereocenters.